The molecule has 0 aliphatic carbocycles. The number of H-pyrrole nitrogens is 1. The lowest BCUT2D eigenvalue weighted by atomic mass is 10.2. The van der Waals surface area contributed by atoms with E-state index in [1.54, 1.807) is 0 Å². The number of urea groups is 1. The topological polar surface area (TPSA) is 79.0 Å². The molecular formula is C17H19FN4O2. The molecule has 1 heterocycles. The van der Waals surface area contributed by atoms with Crippen molar-refractivity contribution in [2.75, 3.05) is 11.9 Å². The van der Waals surface area contributed by atoms with Crippen molar-refractivity contribution in [2.45, 2.75) is 26.3 Å². The molecule has 0 unspecified atom stereocenters. The molecule has 24 heavy (non-hydrogen) atoms. The van der Waals surface area contributed by atoms with Crippen molar-refractivity contribution in [3.8, 4) is 18.1 Å². The molecule has 0 saturated carbocycles. The van der Waals surface area contributed by atoms with Crippen LogP contribution in [0.1, 0.15) is 18.3 Å². The Kier molecular flexibility index (Phi) is 5.79. The number of amides is 2. The van der Waals surface area contributed by atoms with Gasteiger partial charge in [-0.25, -0.2) is 9.18 Å². The molecule has 126 valence electrons. The summed E-state index contributed by atoms with van der Waals surface area (Å²) in [6, 6.07) is 5.11. The molecule has 0 aliphatic heterocycles. The fourth-order valence-corrected chi connectivity index (χ4v) is 2.17. The lowest BCUT2D eigenvalue weighted by Crippen LogP contribution is -2.37. The van der Waals surface area contributed by atoms with Gasteiger partial charge in [-0.2, -0.15) is 5.10 Å². The number of nitrogens with one attached hydrogen (secondary N) is 3. The number of carbonyl (C=O) groups is 1. The first kappa shape index (κ1) is 17.3. The highest BCUT2D eigenvalue weighted by atomic mass is 19.1. The first-order chi connectivity index (χ1) is 11.5. The Labute approximate surface area is 139 Å². The van der Waals surface area contributed by atoms with Crippen LogP contribution in [0.15, 0.2) is 24.3 Å². The van der Waals surface area contributed by atoms with Crippen molar-refractivity contribution < 1.29 is 13.9 Å². The van der Waals surface area contributed by atoms with Crippen molar-refractivity contribution in [3.05, 3.63) is 41.5 Å². The van der Waals surface area contributed by atoms with E-state index in [9.17, 15) is 9.18 Å². The summed E-state index contributed by atoms with van der Waals surface area (Å²) in [5.41, 5.74) is 2.02. The minimum atomic E-state index is -0.488. The fraction of sp³-hybridized carbons (Fsp3) is 0.294. The molecular weight excluding hydrogens is 311 g/mol. The zero-order chi connectivity index (χ0) is 17.5. The average molecular weight is 330 g/mol. The second-order valence-corrected chi connectivity index (χ2v) is 5.38. The molecule has 1 atom stereocenters. The van der Waals surface area contributed by atoms with Gasteiger partial charge in [0.25, 0.3) is 0 Å². The van der Waals surface area contributed by atoms with Crippen LogP contribution < -0.4 is 15.4 Å². The third-order valence-electron chi connectivity index (χ3n) is 3.15. The summed E-state index contributed by atoms with van der Waals surface area (Å²) in [7, 11) is 0. The molecule has 6 nitrogen and oxygen atoms in total. The van der Waals surface area contributed by atoms with Crippen LogP contribution in [-0.4, -0.2) is 28.9 Å². The number of carbonyl (C=O) groups excluding carboxylic acids is 1. The lowest BCUT2D eigenvalue weighted by molar-refractivity contribution is 0.249. The Morgan fingerprint density at radius 1 is 1.50 bits per heavy atom. The maximum absolute atomic E-state index is 13.4. The molecule has 2 amide bonds. The van der Waals surface area contributed by atoms with Gasteiger partial charge in [0.05, 0.1) is 11.4 Å². The van der Waals surface area contributed by atoms with Gasteiger partial charge in [0.2, 0.25) is 0 Å². The van der Waals surface area contributed by atoms with Gasteiger partial charge in [0, 0.05) is 24.2 Å². The first-order valence-corrected chi connectivity index (χ1v) is 7.42. The summed E-state index contributed by atoms with van der Waals surface area (Å²) in [4.78, 5) is 12.1. The van der Waals surface area contributed by atoms with E-state index in [2.05, 4.69) is 26.8 Å². The minimum absolute atomic E-state index is 0.0246. The van der Waals surface area contributed by atoms with Crippen LogP contribution in [0.2, 0.25) is 0 Å². The lowest BCUT2D eigenvalue weighted by Gasteiger charge is -2.15. The van der Waals surface area contributed by atoms with Gasteiger partial charge in [-0.15, -0.1) is 6.42 Å². The monoisotopic (exact) mass is 330 g/mol. The minimum Gasteiger partial charge on any atom is -0.479 e. The number of aromatic amines is 1. The van der Waals surface area contributed by atoms with Gasteiger partial charge in [0.1, 0.15) is 18.2 Å². The highest BCUT2D eigenvalue weighted by Crippen LogP contribution is 2.25. The summed E-state index contributed by atoms with van der Waals surface area (Å²) in [6.07, 6.45) is 5.71. The number of hydrogen-bond acceptors (Lipinski definition) is 3. The summed E-state index contributed by atoms with van der Waals surface area (Å²) in [5, 5.41) is 12.3. The molecule has 0 saturated heterocycles. The van der Waals surface area contributed by atoms with Crippen molar-refractivity contribution in [2.24, 2.45) is 0 Å². The van der Waals surface area contributed by atoms with E-state index in [4.69, 9.17) is 11.2 Å². The van der Waals surface area contributed by atoms with E-state index in [1.165, 1.54) is 18.2 Å². The van der Waals surface area contributed by atoms with Gasteiger partial charge < -0.3 is 15.4 Å². The third-order valence-corrected chi connectivity index (χ3v) is 3.15. The van der Waals surface area contributed by atoms with E-state index in [0.29, 0.717) is 12.2 Å². The zero-order valence-electron chi connectivity index (χ0n) is 13.5. The molecule has 2 aromatic rings. The van der Waals surface area contributed by atoms with E-state index in [1.807, 2.05) is 19.9 Å². The van der Waals surface area contributed by atoms with Crippen molar-refractivity contribution in [1.82, 2.24) is 15.5 Å². The molecule has 0 bridgehead atoms. The van der Waals surface area contributed by atoms with E-state index < -0.39 is 11.8 Å². The van der Waals surface area contributed by atoms with Crippen LogP contribution in [0.4, 0.5) is 14.9 Å². The predicted molar refractivity (Wildman–Crippen MR) is 89.4 cm³/mol. The molecule has 2 rings (SSSR count). The fourth-order valence-electron chi connectivity index (χ4n) is 2.17. The Bertz CT molecular complexity index is 751. The van der Waals surface area contributed by atoms with Crippen molar-refractivity contribution >= 4 is 11.7 Å². The number of anilines is 1. The highest BCUT2D eigenvalue weighted by Gasteiger charge is 2.13. The second-order valence-electron chi connectivity index (χ2n) is 5.38. The average Bonchev–Trinajstić information content (AvgIpc) is 2.91. The molecule has 0 spiro atoms. The molecule has 1 aromatic carbocycles. The Morgan fingerprint density at radius 2 is 2.29 bits per heavy atom. The number of benzene rings is 1. The number of ether oxygens (including phenoxy) is 1. The largest absolute Gasteiger partial charge is 0.479 e. The van der Waals surface area contributed by atoms with Crippen LogP contribution in [0, 0.1) is 25.1 Å². The summed E-state index contributed by atoms with van der Waals surface area (Å²) in [5.74, 6) is 2.14. The van der Waals surface area contributed by atoms with E-state index in [-0.39, 0.29) is 18.3 Å². The number of aromatic nitrogens is 2. The summed E-state index contributed by atoms with van der Waals surface area (Å²) in [6.45, 7) is 3.78. The summed E-state index contributed by atoms with van der Waals surface area (Å²) < 4.78 is 18.7. The standard InChI is InChI=1S/C17H19FN4O2/c1-4-7-24-16-6-5-13(18)10-15(16)20-17(23)19-11(2)8-14-9-12(3)21-22-14/h1,5-6,9-11H,7-8H2,2-3H3,(H,21,22)(H2,19,20,23)/t11-/m1/s1. The second kappa shape index (κ2) is 8.02. The van der Waals surface area contributed by atoms with E-state index >= 15 is 0 Å². The number of terminal acetylenes is 1. The van der Waals surface area contributed by atoms with Crippen LogP contribution >= 0.6 is 0 Å². The molecule has 3 N–H and O–H groups in total. The number of halogens is 1. The molecule has 0 aliphatic rings. The number of aryl methyl sites for hydroxylation is 1. The van der Waals surface area contributed by atoms with Gasteiger partial charge in [-0.05, 0) is 32.0 Å². The van der Waals surface area contributed by atoms with Crippen LogP contribution in [-0.2, 0) is 6.42 Å². The Morgan fingerprint density at radius 3 is 2.96 bits per heavy atom. The quantitative estimate of drug-likeness (QED) is 0.712. The maximum atomic E-state index is 13.4. The zero-order valence-corrected chi connectivity index (χ0v) is 13.5. The van der Waals surface area contributed by atoms with Gasteiger partial charge in [-0.3, -0.25) is 5.10 Å². The summed E-state index contributed by atoms with van der Waals surface area (Å²) >= 11 is 0. The third kappa shape index (κ3) is 5.02. The SMILES string of the molecule is C#CCOc1ccc(F)cc1NC(=O)N[C@H](C)Cc1cc(C)[nH]n1. The van der Waals surface area contributed by atoms with Gasteiger partial charge >= 0.3 is 6.03 Å². The highest BCUT2D eigenvalue weighted by molar-refractivity contribution is 5.91. The molecule has 0 radical (unpaired) electrons. The number of nitrogens with zero attached hydrogens (tertiary/aromatic N) is 1. The molecule has 1 aromatic heterocycles. The van der Waals surface area contributed by atoms with Gasteiger partial charge in [0.15, 0.2) is 0 Å². The van der Waals surface area contributed by atoms with Gasteiger partial charge in [-0.1, -0.05) is 5.92 Å². The maximum Gasteiger partial charge on any atom is 0.319 e. The van der Waals surface area contributed by atoms with E-state index in [0.717, 1.165) is 11.4 Å². The Hall–Kier alpha value is -3.01. The first-order valence-electron chi connectivity index (χ1n) is 7.42. The van der Waals surface area contributed by atoms with Crippen molar-refractivity contribution in [1.29, 1.82) is 0 Å². The van der Waals surface area contributed by atoms with Crippen LogP contribution in [0.3, 0.4) is 0 Å². The predicted octanol–water partition coefficient (Wildman–Crippen LogP) is 2.62. The number of hydrogen-bond donors (Lipinski definition) is 3. The normalized spacial score (nSPS) is 11.4. The number of rotatable bonds is 6. The van der Waals surface area contributed by atoms with Crippen LogP contribution in [0.5, 0.6) is 5.75 Å². The molecule has 0 fully saturated rings. The Balaban J connectivity index is 1.96. The smallest absolute Gasteiger partial charge is 0.319 e. The van der Waals surface area contributed by atoms with Crippen molar-refractivity contribution in [3.63, 3.8) is 0 Å². The molecule has 7 heteroatoms. The van der Waals surface area contributed by atoms with Crippen LogP contribution in [0.25, 0.3) is 0 Å².